The number of rotatable bonds is 2. The van der Waals surface area contributed by atoms with E-state index in [2.05, 4.69) is 10.2 Å². The van der Waals surface area contributed by atoms with Crippen molar-refractivity contribution in [3.63, 3.8) is 0 Å². The molecule has 0 bridgehead atoms. The fraction of sp³-hybridized carbons (Fsp3) is 0.533. The van der Waals surface area contributed by atoms with E-state index in [1.165, 1.54) is 12.1 Å². The van der Waals surface area contributed by atoms with Crippen LogP contribution in [0.2, 0.25) is 0 Å². The highest BCUT2D eigenvalue weighted by molar-refractivity contribution is 5.77. The number of halogens is 2. The lowest BCUT2D eigenvalue weighted by atomic mass is 9.89. The predicted molar refractivity (Wildman–Crippen MR) is 71.0 cm³/mol. The van der Waals surface area contributed by atoms with Gasteiger partial charge in [0.1, 0.15) is 11.6 Å². The summed E-state index contributed by atoms with van der Waals surface area (Å²) in [4.78, 5) is 13.4. The number of benzene rings is 1. The Morgan fingerprint density at radius 1 is 1.30 bits per heavy atom. The van der Waals surface area contributed by atoms with E-state index < -0.39 is 11.6 Å². The molecule has 20 heavy (non-hydrogen) atoms. The van der Waals surface area contributed by atoms with Gasteiger partial charge in [-0.3, -0.25) is 9.69 Å². The van der Waals surface area contributed by atoms with Crippen LogP contribution in [-0.2, 0) is 11.3 Å². The Balaban J connectivity index is 1.74. The highest BCUT2D eigenvalue weighted by Gasteiger charge is 2.37. The normalized spacial score (nSPS) is 26.4. The molecule has 2 aliphatic heterocycles. The number of amides is 1. The molecule has 2 saturated heterocycles. The molecule has 1 amide bonds. The molecule has 0 aliphatic carbocycles. The van der Waals surface area contributed by atoms with E-state index in [1.807, 2.05) is 0 Å². The van der Waals surface area contributed by atoms with Gasteiger partial charge < -0.3 is 5.32 Å². The van der Waals surface area contributed by atoms with Gasteiger partial charge in [-0.1, -0.05) is 6.07 Å². The zero-order chi connectivity index (χ0) is 14.3. The van der Waals surface area contributed by atoms with Crippen LogP contribution in [0.25, 0.3) is 0 Å². The van der Waals surface area contributed by atoms with Crippen molar-refractivity contribution in [2.75, 3.05) is 19.6 Å². The Kier molecular flexibility index (Phi) is 3.46. The summed E-state index contributed by atoms with van der Waals surface area (Å²) in [7, 11) is 0. The first-order chi connectivity index (χ1) is 9.54. The number of likely N-dealkylation sites (tertiary alicyclic amines) is 1. The van der Waals surface area contributed by atoms with Gasteiger partial charge in [-0.15, -0.1) is 0 Å². The van der Waals surface area contributed by atoms with E-state index in [4.69, 9.17) is 0 Å². The third-order valence-corrected chi connectivity index (χ3v) is 4.42. The molecule has 2 heterocycles. The van der Waals surface area contributed by atoms with Crippen molar-refractivity contribution in [3.05, 3.63) is 34.9 Å². The molecule has 2 fully saturated rings. The Bertz CT molecular complexity index is 547. The maximum absolute atomic E-state index is 14.0. The van der Waals surface area contributed by atoms with Crippen molar-refractivity contribution >= 4 is 5.91 Å². The minimum Gasteiger partial charge on any atom is -0.356 e. The standard InChI is InChI=1S/C15H18F2N2O/c1-9-2-3-13(16)12(15(9)17)8-19-6-10-4-14(20)18-5-11(10)7-19/h2-3,10-11H,4-8H2,1H3,(H,18,20)/t10-,11+/m1/s1. The van der Waals surface area contributed by atoms with Crippen molar-refractivity contribution in [1.82, 2.24) is 10.2 Å². The Labute approximate surface area is 117 Å². The van der Waals surface area contributed by atoms with Crippen molar-refractivity contribution in [2.24, 2.45) is 11.8 Å². The van der Waals surface area contributed by atoms with Gasteiger partial charge >= 0.3 is 0 Å². The second-order valence-corrected chi connectivity index (χ2v) is 5.88. The number of piperidine rings is 1. The molecular formula is C15H18F2N2O. The van der Waals surface area contributed by atoms with E-state index in [0.717, 1.165) is 13.1 Å². The zero-order valence-electron chi connectivity index (χ0n) is 11.5. The average Bonchev–Trinajstić information content (AvgIpc) is 2.81. The second-order valence-electron chi connectivity index (χ2n) is 5.88. The third kappa shape index (κ3) is 2.42. The molecule has 5 heteroatoms. The maximum Gasteiger partial charge on any atom is 0.220 e. The first kappa shape index (κ1) is 13.5. The van der Waals surface area contributed by atoms with E-state index in [9.17, 15) is 13.6 Å². The zero-order valence-corrected chi connectivity index (χ0v) is 11.5. The van der Waals surface area contributed by atoms with Gasteiger partial charge in [-0.05, 0) is 30.4 Å². The van der Waals surface area contributed by atoms with Crippen LogP contribution < -0.4 is 5.32 Å². The number of aryl methyl sites for hydroxylation is 1. The lowest BCUT2D eigenvalue weighted by Gasteiger charge is -2.23. The van der Waals surface area contributed by atoms with Crippen LogP contribution in [0, 0.1) is 30.4 Å². The molecule has 2 aliphatic rings. The lowest BCUT2D eigenvalue weighted by Crippen LogP contribution is -2.39. The molecule has 1 aromatic carbocycles. The van der Waals surface area contributed by atoms with Crippen LogP contribution in [0.3, 0.4) is 0 Å². The van der Waals surface area contributed by atoms with Crippen molar-refractivity contribution < 1.29 is 13.6 Å². The monoisotopic (exact) mass is 280 g/mol. The number of hydrogen-bond acceptors (Lipinski definition) is 2. The van der Waals surface area contributed by atoms with Gasteiger partial charge in [0, 0.05) is 38.2 Å². The van der Waals surface area contributed by atoms with Crippen LogP contribution in [0.1, 0.15) is 17.5 Å². The van der Waals surface area contributed by atoms with Crippen molar-refractivity contribution in [2.45, 2.75) is 19.9 Å². The summed E-state index contributed by atoms with van der Waals surface area (Å²) < 4.78 is 27.8. The van der Waals surface area contributed by atoms with Gasteiger partial charge in [0.2, 0.25) is 5.91 Å². The average molecular weight is 280 g/mol. The maximum atomic E-state index is 14.0. The molecule has 1 aromatic rings. The summed E-state index contributed by atoms with van der Waals surface area (Å²) in [6, 6.07) is 2.78. The molecule has 3 nitrogen and oxygen atoms in total. The largest absolute Gasteiger partial charge is 0.356 e. The molecule has 2 atom stereocenters. The summed E-state index contributed by atoms with van der Waals surface area (Å²) >= 11 is 0. The van der Waals surface area contributed by atoms with Crippen molar-refractivity contribution in [1.29, 1.82) is 0 Å². The molecule has 0 unspecified atom stereocenters. The SMILES string of the molecule is Cc1ccc(F)c(CN2C[C@H]3CC(=O)NC[C@H]3C2)c1F. The van der Waals surface area contributed by atoms with Crippen LogP contribution in [0.5, 0.6) is 0 Å². The van der Waals surface area contributed by atoms with Gasteiger partial charge in [-0.25, -0.2) is 8.78 Å². The number of fused-ring (bicyclic) bond motifs is 1. The number of nitrogens with zero attached hydrogens (tertiary/aromatic N) is 1. The first-order valence-electron chi connectivity index (χ1n) is 6.97. The fourth-order valence-corrected chi connectivity index (χ4v) is 3.27. The van der Waals surface area contributed by atoms with Crippen LogP contribution in [-0.4, -0.2) is 30.4 Å². The van der Waals surface area contributed by atoms with Crippen LogP contribution >= 0.6 is 0 Å². The van der Waals surface area contributed by atoms with Gasteiger partial charge in [0.25, 0.3) is 0 Å². The van der Waals surface area contributed by atoms with E-state index in [-0.39, 0.29) is 18.0 Å². The highest BCUT2D eigenvalue weighted by Crippen LogP contribution is 2.30. The van der Waals surface area contributed by atoms with Crippen LogP contribution in [0.15, 0.2) is 12.1 Å². The fourth-order valence-electron chi connectivity index (χ4n) is 3.27. The van der Waals surface area contributed by atoms with Gasteiger partial charge in [0.05, 0.1) is 0 Å². The Morgan fingerprint density at radius 2 is 2.05 bits per heavy atom. The topological polar surface area (TPSA) is 32.3 Å². The number of carbonyl (C=O) groups is 1. The number of nitrogens with one attached hydrogen (secondary N) is 1. The van der Waals surface area contributed by atoms with E-state index in [0.29, 0.717) is 30.4 Å². The summed E-state index contributed by atoms with van der Waals surface area (Å²) in [5, 5.41) is 2.86. The molecule has 0 radical (unpaired) electrons. The van der Waals surface area contributed by atoms with E-state index in [1.54, 1.807) is 6.92 Å². The minimum atomic E-state index is -0.489. The van der Waals surface area contributed by atoms with Gasteiger partial charge in [-0.2, -0.15) is 0 Å². The van der Waals surface area contributed by atoms with Crippen molar-refractivity contribution in [3.8, 4) is 0 Å². The summed E-state index contributed by atoms with van der Waals surface area (Å²) in [6.45, 7) is 4.13. The highest BCUT2D eigenvalue weighted by atomic mass is 19.1. The number of carbonyl (C=O) groups excluding carboxylic acids is 1. The predicted octanol–water partition coefficient (Wildman–Crippen LogP) is 1.84. The summed E-state index contributed by atoms with van der Waals surface area (Å²) in [6.07, 6.45) is 0.528. The lowest BCUT2D eigenvalue weighted by molar-refractivity contribution is -0.124. The molecule has 108 valence electrons. The molecular weight excluding hydrogens is 262 g/mol. The quantitative estimate of drug-likeness (QED) is 0.896. The van der Waals surface area contributed by atoms with Gasteiger partial charge in [0.15, 0.2) is 0 Å². The molecule has 1 N–H and O–H groups in total. The second kappa shape index (κ2) is 5.13. The molecule has 0 saturated carbocycles. The smallest absolute Gasteiger partial charge is 0.220 e. The Hall–Kier alpha value is -1.49. The Morgan fingerprint density at radius 3 is 2.85 bits per heavy atom. The minimum absolute atomic E-state index is 0.0843. The molecule has 0 spiro atoms. The summed E-state index contributed by atoms with van der Waals surface area (Å²) in [5.41, 5.74) is 0.609. The summed E-state index contributed by atoms with van der Waals surface area (Å²) in [5.74, 6) is -0.129. The van der Waals surface area contributed by atoms with Crippen LogP contribution in [0.4, 0.5) is 8.78 Å². The molecule has 0 aromatic heterocycles. The number of hydrogen-bond donors (Lipinski definition) is 1. The van der Waals surface area contributed by atoms with E-state index >= 15 is 0 Å². The third-order valence-electron chi connectivity index (χ3n) is 4.42. The molecule has 3 rings (SSSR count). The first-order valence-corrected chi connectivity index (χ1v) is 6.97.